The standard InChI is InChI=1S/C14H18FN3O2S/c1-9-8-12(15)4-5-14(9)21(19,20)16-7-6-13-10(2)17-18-11(13)3/h4-5,8,16H,6-7H2,1-3H3,(H,17,18). The predicted molar refractivity (Wildman–Crippen MR) is 78.1 cm³/mol. The van der Waals surface area contributed by atoms with Crippen molar-refractivity contribution in [2.24, 2.45) is 0 Å². The summed E-state index contributed by atoms with van der Waals surface area (Å²) in [5.41, 5.74) is 3.20. The van der Waals surface area contributed by atoms with Crippen molar-refractivity contribution >= 4 is 10.0 Å². The van der Waals surface area contributed by atoms with E-state index in [1.165, 1.54) is 12.1 Å². The maximum atomic E-state index is 13.0. The molecule has 1 aromatic carbocycles. The Morgan fingerprint density at radius 3 is 2.57 bits per heavy atom. The van der Waals surface area contributed by atoms with Gasteiger partial charge in [-0.05, 0) is 56.5 Å². The minimum atomic E-state index is -3.63. The minimum Gasteiger partial charge on any atom is -0.282 e. The summed E-state index contributed by atoms with van der Waals surface area (Å²) in [6.07, 6.45) is 0.549. The van der Waals surface area contributed by atoms with Crippen LogP contribution in [0.25, 0.3) is 0 Å². The Morgan fingerprint density at radius 2 is 2.00 bits per heavy atom. The molecule has 0 aliphatic heterocycles. The van der Waals surface area contributed by atoms with Gasteiger partial charge in [-0.3, -0.25) is 5.10 Å². The van der Waals surface area contributed by atoms with Crippen LogP contribution in [0.15, 0.2) is 23.1 Å². The summed E-state index contributed by atoms with van der Waals surface area (Å²) in [4.78, 5) is 0.101. The molecule has 0 amide bonds. The molecule has 2 aromatic rings. The molecule has 0 bridgehead atoms. The topological polar surface area (TPSA) is 74.8 Å². The number of sulfonamides is 1. The highest BCUT2D eigenvalue weighted by molar-refractivity contribution is 7.89. The zero-order valence-corrected chi connectivity index (χ0v) is 13.0. The number of benzene rings is 1. The number of aryl methyl sites for hydroxylation is 3. The smallest absolute Gasteiger partial charge is 0.240 e. The van der Waals surface area contributed by atoms with Gasteiger partial charge in [0.05, 0.1) is 10.6 Å². The van der Waals surface area contributed by atoms with Crippen LogP contribution < -0.4 is 4.72 Å². The Morgan fingerprint density at radius 1 is 1.29 bits per heavy atom. The quantitative estimate of drug-likeness (QED) is 0.887. The van der Waals surface area contributed by atoms with Crippen molar-refractivity contribution in [2.75, 3.05) is 6.54 Å². The van der Waals surface area contributed by atoms with E-state index in [1.54, 1.807) is 6.92 Å². The molecule has 21 heavy (non-hydrogen) atoms. The average molecular weight is 311 g/mol. The van der Waals surface area contributed by atoms with Crippen LogP contribution in [0.2, 0.25) is 0 Å². The molecule has 5 nitrogen and oxygen atoms in total. The van der Waals surface area contributed by atoms with E-state index in [-0.39, 0.29) is 11.4 Å². The third-order valence-corrected chi connectivity index (χ3v) is 5.00. The Kier molecular flexibility index (Phi) is 4.43. The summed E-state index contributed by atoms with van der Waals surface area (Å²) in [5, 5.41) is 6.93. The largest absolute Gasteiger partial charge is 0.282 e. The molecule has 0 atom stereocenters. The number of aromatic nitrogens is 2. The van der Waals surface area contributed by atoms with Gasteiger partial charge in [-0.1, -0.05) is 0 Å². The normalized spacial score (nSPS) is 11.8. The van der Waals surface area contributed by atoms with E-state index in [1.807, 2.05) is 13.8 Å². The summed E-state index contributed by atoms with van der Waals surface area (Å²) in [5.74, 6) is -0.448. The van der Waals surface area contributed by atoms with Crippen LogP contribution in [0.3, 0.4) is 0 Å². The first-order chi connectivity index (χ1) is 9.81. The molecule has 7 heteroatoms. The summed E-state index contributed by atoms with van der Waals surface area (Å²) in [6.45, 7) is 5.60. The van der Waals surface area contributed by atoms with E-state index in [0.717, 1.165) is 23.0 Å². The Bertz CT molecular complexity index is 734. The number of nitrogens with one attached hydrogen (secondary N) is 2. The summed E-state index contributed by atoms with van der Waals surface area (Å²) in [7, 11) is -3.63. The highest BCUT2D eigenvalue weighted by atomic mass is 32.2. The highest BCUT2D eigenvalue weighted by Gasteiger charge is 2.17. The van der Waals surface area contributed by atoms with Gasteiger partial charge in [0.1, 0.15) is 5.82 Å². The molecule has 0 saturated heterocycles. The molecule has 0 unspecified atom stereocenters. The van der Waals surface area contributed by atoms with Gasteiger partial charge in [0.25, 0.3) is 0 Å². The third kappa shape index (κ3) is 3.48. The molecule has 0 spiro atoms. The molecule has 114 valence electrons. The molecule has 2 N–H and O–H groups in total. The minimum absolute atomic E-state index is 0.101. The molecule has 0 aliphatic rings. The summed E-state index contributed by atoms with van der Waals surface area (Å²) < 4.78 is 40.0. The Balaban J connectivity index is 2.08. The van der Waals surface area contributed by atoms with E-state index in [0.29, 0.717) is 12.0 Å². The van der Waals surface area contributed by atoms with Crippen LogP contribution in [-0.4, -0.2) is 25.2 Å². The zero-order valence-electron chi connectivity index (χ0n) is 12.2. The van der Waals surface area contributed by atoms with E-state index in [9.17, 15) is 12.8 Å². The van der Waals surface area contributed by atoms with Gasteiger partial charge in [-0.2, -0.15) is 5.10 Å². The number of H-pyrrole nitrogens is 1. The van der Waals surface area contributed by atoms with Gasteiger partial charge < -0.3 is 0 Å². The highest BCUT2D eigenvalue weighted by Crippen LogP contribution is 2.16. The Hall–Kier alpha value is -1.73. The van der Waals surface area contributed by atoms with Crippen LogP contribution in [0.1, 0.15) is 22.5 Å². The average Bonchev–Trinajstić information content (AvgIpc) is 2.69. The zero-order chi connectivity index (χ0) is 15.6. The van der Waals surface area contributed by atoms with Gasteiger partial charge in [-0.25, -0.2) is 17.5 Å². The van der Waals surface area contributed by atoms with Crippen LogP contribution in [0.5, 0.6) is 0 Å². The van der Waals surface area contributed by atoms with Gasteiger partial charge in [-0.15, -0.1) is 0 Å². The number of hydrogen-bond acceptors (Lipinski definition) is 3. The van der Waals surface area contributed by atoms with E-state index in [4.69, 9.17) is 0 Å². The van der Waals surface area contributed by atoms with Crippen molar-refractivity contribution in [3.8, 4) is 0 Å². The van der Waals surface area contributed by atoms with E-state index in [2.05, 4.69) is 14.9 Å². The van der Waals surface area contributed by atoms with Gasteiger partial charge in [0.15, 0.2) is 0 Å². The Labute approximate surface area is 123 Å². The monoisotopic (exact) mass is 311 g/mol. The van der Waals surface area contributed by atoms with Gasteiger partial charge in [0.2, 0.25) is 10.0 Å². The first-order valence-corrected chi connectivity index (χ1v) is 8.06. The maximum Gasteiger partial charge on any atom is 0.240 e. The molecule has 1 aromatic heterocycles. The molecular formula is C14H18FN3O2S. The molecule has 0 aliphatic carbocycles. The maximum absolute atomic E-state index is 13.0. The molecular weight excluding hydrogens is 293 g/mol. The van der Waals surface area contributed by atoms with Crippen molar-refractivity contribution in [3.05, 3.63) is 46.5 Å². The first kappa shape index (κ1) is 15.7. The second-order valence-electron chi connectivity index (χ2n) is 4.97. The number of halogens is 1. The second-order valence-corrected chi connectivity index (χ2v) is 6.71. The van der Waals surface area contributed by atoms with Crippen LogP contribution in [-0.2, 0) is 16.4 Å². The van der Waals surface area contributed by atoms with Gasteiger partial charge >= 0.3 is 0 Å². The SMILES string of the molecule is Cc1cc(F)ccc1S(=O)(=O)NCCc1c(C)n[nH]c1C. The molecule has 1 heterocycles. The fourth-order valence-corrected chi connectivity index (χ4v) is 3.50. The van der Waals surface area contributed by atoms with Crippen molar-refractivity contribution in [1.82, 2.24) is 14.9 Å². The second kappa shape index (κ2) is 5.95. The number of hydrogen-bond donors (Lipinski definition) is 2. The summed E-state index contributed by atoms with van der Waals surface area (Å²) >= 11 is 0. The third-order valence-electron chi connectivity index (χ3n) is 3.37. The lowest BCUT2D eigenvalue weighted by Crippen LogP contribution is -2.26. The fraction of sp³-hybridized carbons (Fsp3) is 0.357. The first-order valence-electron chi connectivity index (χ1n) is 6.57. The van der Waals surface area contributed by atoms with Gasteiger partial charge in [0, 0.05) is 12.2 Å². The molecule has 0 radical (unpaired) electrons. The van der Waals surface area contributed by atoms with Crippen molar-refractivity contribution in [3.63, 3.8) is 0 Å². The molecule has 0 saturated carbocycles. The van der Waals surface area contributed by atoms with Crippen LogP contribution in [0, 0.1) is 26.6 Å². The molecule has 2 rings (SSSR count). The number of rotatable bonds is 5. The lowest BCUT2D eigenvalue weighted by molar-refractivity contribution is 0.579. The van der Waals surface area contributed by atoms with Crippen LogP contribution >= 0.6 is 0 Å². The van der Waals surface area contributed by atoms with E-state index >= 15 is 0 Å². The van der Waals surface area contributed by atoms with Crippen molar-refractivity contribution in [2.45, 2.75) is 32.1 Å². The predicted octanol–water partition coefficient (Wildman–Crippen LogP) is 2.00. The fourth-order valence-electron chi connectivity index (χ4n) is 2.24. The number of aromatic amines is 1. The lowest BCUT2D eigenvalue weighted by atomic mass is 10.1. The van der Waals surface area contributed by atoms with E-state index < -0.39 is 15.8 Å². The van der Waals surface area contributed by atoms with Crippen molar-refractivity contribution < 1.29 is 12.8 Å². The summed E-state index contributed by atoms with van der Waals surface area (Å²) in [6, 6.07) is 3.63. The van der Waals surface area contributed by atoms with Crippen molar-refractivity contribution in [1.29, 1.82) is 0 Å². The number of nitrogens with zero attached hydrogens (tertiary/aromatic N) is 1. The van der Waals surface area contributed by atoms with Crippen LogP contribution in [0.4, 0.5) is 4.39 Å². The lowest BCUT2D eigenvalue weighted by Gasteiger charge is -2.09. The molecule has 0 fully saturated rings.